The van der Waals surface area contributed by atoms with Crippen molar-refractivity contribution < 1.29 is 8.42 Å². The monoisotopic (exact) mass is 318 g/mol. The number of aryl methyl sites for hydroxylation is 1. The summed E-state index contributed by atoms with van der Waals surface area (Å²) in [6.45, 7) is 1.89. The van der Waals surface area contributed by atoms with Crippen LogP contribution in [0.25, 0.3) is 5.69 Å². The fourth-order valence-corrected chi connectivity index (χ4v) is 4.39. The van der Waals surface area contributed by atoms with E-state index in [9.17, 15) is 8.42 Å². The molecule has 0 aliphatic carbocycles. The lowest BCUT2D eigenvalue weighted by atomic mass is 10.3. The summed E-state index contributed by atoms with van der Waals surface area (Å²) in [4.78, 5) is 0.967. The molecule has 0 aliphatic rings. The number of para-hydroxylation sites is 2. The maximum Gasteiger partial charge on any atom is 0.271 e. The van der Waals surface area contributed by atoms with E-state index in [2.05, 4.69) is 4.72 Å². The van der Waals surface area contributed by atoms with Crippen LogP contribution in [0.2, 0.25) is 0 Å². The fourth-order valence-electron chi connectivity index (χ4n) is 2.03. The summed E-state index contributed by atoms with van der Waals surface area (Å²) < 4.78 is 29.7. The molecule has 108 valence electrons. The number of aromatic nitrogens is 1. The lowest BCUT2D eigenvalue weighted by Crippen LogP contribution is -2.13. The third-order valence-corrected chi connectivity index (χ3v) is 5.87. The van der Waals surface area contributed by atoms with Gasteiger partial charge in [0.05, 0.1) is 11.4 Å². The average Bonchev–Trinajstić information content (AvgIpc) is 3.10. The summed E-state index contributed by atoms with van der Waals surface area (Å²) >= 11 is 1.26. The molecule has 0 spiro atoms. The van der Waals surface area contributed by atoms with E-state index in [-0.39, 0.29) is 0 Å². The van der Waals surface area contributed by atoms with Gasteiger partial charge < -0.3 is 4.57 Å². The number of sulfonamides is 1. The normalized spacial score (nSPS) is 11.5. The quantitative estimate of drug-likeness (QED) is 0.798. The molecule has 2 aromatic heterocycles. The van der Waals surface area contributed by atoms with E-state index in [0.29, 0.717) is 9.90 Å². The summed E-state index contributed by atoms with van der Waals surface area (Å²) in [7, 11) is -3.55. The van der Waals surface area contributed by atoms with Gasteiger partial charge in [0.2, 0.25) is 0 Å². The van der Waals surface area contributed by atoms with Gasteiger partial charge in [0.25, 0.3) is 10.0 Å². The fraction of sp³-hybridized carbons (Fsp3) is 0.0667. The molecule has 0 radical (unpaired) electrons. The van der Waals surface area contributed by atoms with Crippen LogP contribution in [0.3, 0.4) is 0 Å². The van der Waals surface area contributed by atoms with E-state index in [1.807, 2.05) is 54.2 Å². The minimum absolute atomic E-state index is 0.322. The number of anilines is 1. The first-order valence-electron chi connectivity index (χ1n) is 6.38. The maximum absolute atomic E-state index is 12.4. The summed E-state index contributed by atoms with van der Waals surface area (Å²) in [6.07, 6.45) is 3.75. The van der Waals surface area contributed by atoms with Gasteiger partial charge in [-0.05, 0) is 43.3 Å². The lowest BCUT2D eigenvalue weighted by molar-refractivity contribution is 0.603. The second-order valence-corrected chi connectivity index (χ2v) is 7.78. The summed E-state index contributed by atoms with van der Waals surface area (Å²) in [5.41, 5.74) is 1.35. The standard InChI is InChI=1S/C15H14N2O2S2/c1-12-8-9-15(20-12)21(18,19)16-13-6-2-3-7-14(13)17-10-4-5-11-17/h2-11,16H,1H3. The molecular weight excluding hydrogens is 304 g/mol. The summed E-state index contributed by atoms with van der Waals surface area (Å²) in [6, 6.07) is 14.5. The number of nitrogens with zero attached hydrogens (tertiary/aromatic N) is 1. The number of rotatable bonds is 4. The Balaban J connectivity index is 1.99. The van der Waals surface area contributed by atoms with E-state index < -0.39 is 10.0 Å². The molecule has 0 fully saturated rings. The highest BCUT2D eigenvalue weighted by molar-refractivity contribution is 7.94. The molecule has 3 aromatic rings. The van der Waals surface area contributed by atoms with Crippen LogP contribution in [0, 0.1) is 6.92 Å². The van der Waals surface area contributed by atoms with E-state index in [0.717, 1.165) is 10.6 Å². The summed E-state index contributed by atoms with van der Waals surface area (Å²) in [5, 5.41) is 0. The lowest BCUT2D eigenvalue weighted by Gasteiger charge is -2.12. The predicted octanol–water partition coefficient (Wildman–Crippen LogP) is 3.65. The van der Waals surface area contributed by atoms with Crippen LogP contribution in [0.4, 0.5) is 5.69 Å². The highest BCUT2D eigenvalue weighted by Gasteiger charge is 2.18. The molecule has 21 heavy (non-hydrogen) atoms. The van der Waals surface area contributed by atoms with Gasteiger partial charge in [-0.15, -0.1) is 11.3 Å². The predicted molar refractivity (Wildman–Crippen MR) is 85.6 cm³/mol. The van der Waals surface area contributed by atoms with Crippen molar-refractivity contribution >= 4 is 27.0 Å². The maximum atomic E-state index is 12.4. The topological polar surface area (TPSA) is 51.1 Å². The van der Waals surface area contributed by atoms with Crippen molar-refractivity contribution in [3.63, 3.8) is 0 Å². The minimum atomic E-state index is -3.55. The zero-order valence-corrected chi connectivity index (χ0v) is 13.0. The Hall–Kier alpha value is -2.05. The second kappa shape index (κ2) is 5.38. The molecule has 0 atom stereocenters. The van der Waals surface area contributed by atoms with Crippen LogP contribution < -0.4 is 4.72 Å². The van der Waals surface area contributed by atoms with Crippen LogP contribution in [0.15, 0.2) is 65.1 Å². The van der Waals surface area contributed by atoms with E-state index in [4.69, 9.17) is 0 Å². The van der Waals surface area contributed by atoms with Crippen LogP contribution in [0.1, 0.15) is 4.88 Å². The third kappa shape index (κ3) is 2.86. The highest BCUT2D eigenvalue weighted by atomic mass is 32.2. The van der Waals surface area contributed by atoms with Gasteiger partial charge >= 0.3 is 0 Å². The number of hydrogen-bond donors (Lipinski definition) is 1. The number of nitrogens with one attached hydrogen (secondary N) is 1. The first kappa shape index (κ1) is 13.9. The van der Waals surface area contributed by atoms with Gasteiger partial charge in [-0.1, -0.05) is 12.1 Å². The molecule has 1 aromatic carbocycles. The number of hydrogen-bond acceptors (Lipinski definition) is 3. The molecule has 3 rings (SSSR count). The first-order chi connectivity index (χ1) is 10.1. The molecule has 2 heterocycles. The Kier molecular flexibility index (Phi) is 3.57. The molecule has 0 bridgehead atoms. The van der Waals surface area contributed by atoms with Gasteiger partial charge in [0.15, 0.2) is 0 Å². The minimum Gasteiger partial charge on any atom is -0.322 e. The smallest absolute Gasteiger partial charge is 0.271 e. The van der Waals surface area contributed by atoms with E-state index in [1.165, 1.54) is 11.3 Å². The SMILES string of the molecule is Cc1ccc(S(=O)(=O)Nc2ccccc2-n2cccc2)s1. The highest BCUT2D eigenvalue weighted by Crippen LogP contribution is 2.26. The molecule has 1 N–H and O–H groups in total. The van der Waals surface area contributed by atoms with Gasteiger partial charge in [-0.25, -0.2) is 8.42 Å². The van der Waals surface area contributed by atoms with E-state index in [1.54, 1.807) is 18.2 Å². The molecule has 0 aliphatic heterocycles. The van der Waals surface area contributed by atoms with Crippen molar-refractivity contribution in [2.45, 2.75) is 11.1 Å². The molecule has 0 saturated carbocycles. The number of benzene rings is 1. The van der Waals surface area contributed by atoms with Crippen molar-refractivity contribution in [1.82, 2.24) is 4.57 Å². The molecule has 6 heteroatoms. The Morgan fingerprint density at radius 2 is 1.71 bits per heavy atom. The molecule has 0 amide bonds. The Labute approximate surface area is 127 Å². The van der Waals surface area contributed by atoms with Crippen molar-refractivity contribution in [2.24, 2.45) is 0 Å². The van der Waals surface area contributed by atoms with Gasteiger partial charge in [-0.2, -0.15) is 0 Å². The third-order valence-electron chi connectivity index (χ3n) is 3.01. The van der Waals surface area contributed by atoms with Gasteiger partial charge in [-0.3, -0.25) is 4.72 Å². The summed E-state index contributed by atoms with van der Waals surface area (Å²) in [5.74, 6) is 0. The Bertz CT molecular complexity index is 849. The molecule has 4 nitrogen and oxygen atoms in total. The van der Waals surface area contributed by atoms with Crippen molar-refractivity contribution in [3.05, 3.63) is 65.8 Å². The molecular formula is C15H14N2O2S2. The van der Waals surface area contributed by atoms with Crippen molar-refractivity contribution in [2.75, 3.05) is 4.72 Å². The Morgan fingerprint density at radius 3 is 2.38 bits per heavy atom. The molecule has 0 saturated heterocycles. The second-order valence-electron chi connectivity index (χ2n) is 4.58. The zero-order chi connectivity index (χ0) is 14.9. The molecule has 0 unspecified atom stereocenters. The Morgan fingerprint density at radius 1 is 1.00 bits per heavy atom. The van der Waals surface area contributed by atoms with Gasteiger partial charge in [0.1, 0.15) is 4.21 Å². The van der Waals surface area contributed by atoms with Crippen LogP contribution >= 0.6 is 11.3 Å². The van der Waals surface area contributed by atoms with Crippen LogP contribution in [0.5, 0.6) is 0 Å². The van der Waals surface area contributed by atoms with E-state index >= 15 is 0 Å². The van der Waals surface area contributed by atoms with Gasteiger partial charge in [0, 0.05) is 17.3 Å². The van der Waals surface area contributed by atoms with Crippen LogP contribution in [-0.4, -0.2) is 13.0 Å². The average molecular weight is 318 g/mol. The van der Waals surface area contributed by atoms with Crippen LogP contribution in [-0.2, 0) is 10.0 Å². The van der Waals surface area contributed by atoms with Crippen molar-refractivity contribution in [1.29, 1.82) is 0 Å². The first-order valence-corrected chi connectivity index (χ1v) is 8.68. The number of thiophene rings is 1. The zero-order valence-electron chi connectivity index (χ0n) is 11.4. The largest absolute Gasteiger partial charge is 0.322 e. The van der Waals surface area contributed by atoms with Crippen molar-refractivity contribution in [3.8, 4) is 5.69 Å².